The van der Waals surface area contributed by atoms with Crippen LogP contribution in [-0.4, -0.2) is 25.5 Å². The number of nitrogens with one attached hydrogen (secondary N) is 1. The monoisotopic (exact) mass is 192 g/mol. The van der Waals surface area contributed by atoms with Crippen molar-refractivity contribution in [2.75, 3.05) is 20.0 Å². The summed E-state index contributed by atoms with van der Waals surface area (Å²) < 4.78 is 6.24. The molecule has 64 valence electrons. The van der Waals surface area contributed by atoms with E-state index in [9.17, 15) is 0 Å². The zero-order valence-corrected chi connectivity index (χ0v) is 8.22. The van der Waals surface area contributed by atoms with Gasteiger partial charge in [-0.05, 0) is 6.26 Å². The van der Waals surface area contributed by atoms with Crippen LogP contribution in [0.15, 0.2) is 9.93 Å². The van der Waals surface area contributed by atoms with Gasteiger partial charge in [0.25, 0.3) is 0 Å². The minimum Gasteiger partial charge on any atom is -0.378 e. The van der Waals surface area contributed by atoms with E-state index < -0.39 is 0 Å². The van der Waals surface area contributed by atoms with Crippen molar-refractivity contribution < 1.29 is 4.74 Å². The molecule has 0 aromatic heterocycles. The van der Waals surface area contributed by atoms with E-state index in [4.69, 9.17) is 10.5 Å². The molecule has 1 rings (SSSR count). The van der Waals surface area contributed by atoms with E-state index in [1.54, 1.807) is 30.6 Å². The van der Waals surface area contributed by atoms with Gasteiger partial charge in [-0.25, -0.2) is 0 Å². The first-order valence-corrected chi connectivity index (χ1v) is 5.33. The van der Waals surface area contributed by atoms with Crippen LogP contribution in [0.1, 0.15) is 0 Å². The molecule has 0 saturated heterocycles. The molecule has 11 heavy (non-hydrogen) atoms. The molecular weight excluding hydrogens is 180 g/mol. The van der Waals surface area contributed by atoms with Crippen LogP contribution in [0.2, 0.25) is 0 Å². The number of ether oxygens (including phenoxy) is 1. The third-order valence-corrected chi connectivity index (χ3v) is 3.51. The van der Waals surface area contributed by atoms with E-state index in [0.717, 1.165) is 5.70 Å². The lowest BCUT2D eigenvalue weighted by Gasteiger charge is -2.04. The largest absolute Gasteiger partial charge is 0.378 e. The van der Waals surface area contributed by atoms with Gasteiger partial charge >= 0.3 is 0 Å². The summed E-state index contributed by atoms with van der Waals surface area (Å²) >= 11 is 3.35. The van der Waals surface area contributed by atoms with Crippen LogP contribution in [0.4, 0.5) is 0 Å². The number of hydrogen-bond acceptors (Lipinski definition) is 5. The molecule has 0 amide bonds. The Labute approximate surface area is 75.1 Å². The summed E-state index contributed by atoms with van der Waals surface area (Å²) in [7, 11) is 1.68. The average molecular weight is 192 g/mol. The number of nitrogens with two attached hydrogens (primary N) is 1. The van der Waals surface area contributed by atoms with Crippen molar-refractivity contribution in [1.29, 1.82) is 0 Å². The highest BCUT2D eigenvalue weighted by molar-refractivity contribution is 8.22. The van der Waals surface area contributed by atoms with E-state index in [1.807, 2.05) is 6.26 Å². The molecule has 0 bridgehead atoms. The summed E-state index contributed by atoms with van der Waals surface area (Å²) in [6, 6.07) is 0. The fourth-order valence-corrected chi connectivity index (χ4v) is 2.61. The first-order chi connectivity index (χ1) is 5.27. The standard InChI is InChI=1S/C6H12N2OS2/c1-9-3-4-5(10-2)11-6(7)8-4/h6,8H,3,7H2,1-2H3. The third-order valence-electron chi connectivity index (χ3n) is 1.27. The molecule has 0 spiro atoms. The number of thioether (sulfide) groups is 2. The lowest BCUT2D eigenvalue weighted by molar-refractivity contribution is 0.220. The summed E-state index contributed by atoms with van der Waals surface area (Å²) in [5.41, 5.74) is 6.77. The summed E-state index contributed by atoms with van der Waals surface area (Å²) in [6.45, 7) is 0.622. The van der Waals surface area contributed by atoms with E-state index in [0.29, 0.717) is 6.61 Å². The van der Waals surface area contributed by atoms with E-state index in [1.165, 1.54) is 4.24 Å². The van der Waals surface area contributed by atoms with Gasteiger partial charge in [-0.1, -0.05) is 11.8 Å². The van der Waals surface area contributed by atoms with Crippen molar-refractivity contribution in [3.63, 3.8) is 0 Å². The van der Waals surface area contributed by atoms with Crippen molar-refractivity contribution in [2.24, 2.45) is 5.73 Å². The van der Waals surface area contributed by atoms with Crippen LogP contribution in [-0.2, 0) is 4.74 Å². The van der Waals surface area contributed by atoms with Crippen molar-refractivity contribution in [2.45, 2.75) is 5.50 Å². The van der Waals surface area contributed by atoms with Gasteiger partial charge in [0.15, 0.2) is 0 Å². The van der Waals surface area contributed by atoms with Gasteiger partial charge in [0.05, 0.1) is 16.5 Å². The Morgan fingerprint density at radius 2 is 2.55 bits per heavy atom. The van der Waals surface area contributed by atoms with Crippen molar-refractivity contribution in [1.82, 2.24) is 5.32 Å². The molecule has 3 N–H and O–H groups in total. The zero-order chi connectivity index (χ0) is 8.27. The molecule has 1 aliphatic heterocycles. The van der Waals surface area contributed by atoms with Gasteiger partial charge in [-0.3, -0.25) is 0 Å². The van der Waals surface area contributed by atoms with Crippen LogP contribution in [0.25, 0.3) is 0 Å². The Bertz CT molecular complexity index is 172. The first-order valence-electron chi connectivity index (χ1n) is 3.22. The highest BCUT2D eigenvalue weighted by atomic mass is 32.2. The molecule has 0 radical (unpaired) electrons. The molecule has 3 nitrogen and oxygen atoms in total. The molecule has 0 saturated carbocycles. The molecule has 0 fully saturated rings. The van der Waals surface area contributed by atoms with Crippen molar-refractivity contribution >= 4 is 23.5 Å². The van der Waals surface area contributed by atoms with Crippen molar-refractivity contribution in [3.8, 4) is 0 Å². The van der Waals surface area contributed by atoms with Gasteiger partial charge in [0, 0.05) is 7.11 Å². The van der Waals surface area contributed by atoms with Gasteiger partial charge < -0.3 is 15.8 Å². The van der Waals surface area contributed by atoms with Gasteiger partial charge in [-0.15, -0.1) is 11.8 Å². The van der Waals surface area contributed by atoms with E-state index in [2.05, 4.69) is 5.32 Å². The molecule has 0 aliphatic carbocycles. The lowest BCUT2D eigenvalue weighted by Crippen LogP contribution is -2.30. The highest BCUT2D eigenvalue weighted by Gasteiger charge is 2.19. The highest BCUT2D eigenvalue weighted by Crippen LogP contribution is 2.35. The lowest BCUT2D eigenvalue weighted by atomic mass is 10.5. The second-order valence-corrected chi connectivity index (χ2v) is 4.31. The zero-order valence-electron chi connectivity index (χ0n) is 6.59. The maximum atomic E-state index is 5.66. The Kier molecular flexibility index (Phi) is 3.58. The number of methoxy groups -OCH3 is 1. The molecule has 5 heteroatoms. The summed E-state index contributed by atoms with van der Waals surface area (Å²) in [4.78, 5) is 0. The van der Waals surface area contributed by atoms with E-state index >= 15 is 0 Å². The van der Waals surface area contributed by atoms with Crippen LogP contribution in [0, 0.1) is 0 Å². The SMILES string of the molecule is COCC1=C(SC)SC(N)N1. The molecule has 1 unspecified atom stereocenters. The number of hydrogen-bond donors (Lipinski definition) is 2. The van der Waals surface area contributed by atoms with Gasteiger partial charge in [0.1, 0.15) is 5.50 Å². The molecule has 0 aromatic carbocycles. The second kappa shape index (κ2) is 4.25. The van der Waals surface area contributed by atoms with Crippen LogP contribution in [0.3, 0.4) is 0 Å². The Morgan fingerprint density at radius 3 is 3.09 bits per heavy atom. The van der Waals surface area contributed by atoms with Crippen molar-refractivity contribution in [3.05, 3.63) is 9.93 Å². The Morgan fingerprint density at radius 1 is 1.82 bits per heavy atom. The fraction of sp³-hybridized carbons (Fsp3) is 0.667. The summed E-state index contributed by atoms with van der Waals surface area (Å²) in [5.74, 6) is 0. The quantitative estimate of drug-likeness (QED) is 0.691. The fourth-order valence-electron chi connectivity index (χ4n) is 0.863. The van der Waals surface area contributed by atoms with E-state index in [-0.39, 0.29) is 5.50 Å². The first kappa shape index (κ1) is 9.25. The predicted octanol–water partition coefficient (Wildman–Crippen LogP) is 0.744. The van der Waals surface area contributed by atoms with Crippen LogP contribution in [0.5, 0.6) is 0 Å². The Balaban J connectivity index is 2.56. The van der Waals surface area contributed by atoms with Gasteiger partial charge in [-0.2, -0.15) is 0 Å². The summed E-state index contributed by atoms with van der Waals surface area (Å²) in [5, 5.41) is 3.13. The minimum absolute atomic E-state index is 0.00241. The average Bonchev–Trinajstić information content (AvgIpc) is 2.32. The third kappa shape index (κ3) is 2.30. The van der Waals surface area contributed by atoms with Crippen LogP contribution < -0.4 is 11.1 Å². The number of rotatable bonds is 3. The molecule has 1 atom stereocenters. The topological polar surface area (TPSA) is 47.3 Å². The van der Waals surface area contributed by atoms with Gasteiger partial charge in [0.2, 0.25) is 0 Å². The maximum Gasteiger partial charge on any atom is 0.128 e. The molecule has 0 aromatic rings. The minimum atomic E-state index is 0.00241. The molecule has 1 aliphatic rings. The summed E-state index contributed by atoms with van der Waals surface area (Å²) in [6.07, 6.45) is 2.04. The molecular formula is C6H12N2OS2. The Hall–Kier alpha value is 0.160. The predicted molar refractivity (Wildman–Crippen MR) is 51.1 cm³/mol. The molecule has 1 heterocycles. The second-order valence-electron chi connectivity index (χ2n) is 2.09. The normalized spacial score (nSPS) is 24.1. The maximum absolute atomic E-state index is 5.66. The smallest absolute Gasteiger partial charge is 0.128 e. The van der Waals surface area contributed by atoms with Crippen LogP contribution >= 0.6 is 23.5 Å².